The lowest BCUT2D eigenvalue weighted by atomic mass is 9.98. The Balaban J connectivity index is 1.62. The second-order valence-corrected chi connectivity index (χ2v) is 5.92. The molecule has 4 heteroatoms. The van der Waals surface area contributed by atoms with E-state index in [1.807, 2.05) is 12.4 Å². The first-order valence-corrected chi connectivity index (χ1v) is 7.69. The monoisotopic (exact) mass is 280 g/mol. The molecular formula is C17H20N4. The summed E-state index contributed by atoms with van der Waals surface area (Å²) in [5.74, 6) is 0.801. The van der Waals surface area contributed by atoms with Crippen LogP contribution in [0, 0.1) is 5.92 Å². The molecule has 2 N–H and O–H groups in total. The average Bonchev–Trinajstić information content (AvgIpc) is 3.18. The van der Waals surface area contributed by atoms with Gasteiger partial charge in [-0.05, 0) is 55.6 Å². The fourth-order valence-corrected chi connectivity index (χ4v) is 3.29. The molecule has 4 rings (SSSR count). The lowest BCUT2D eigenvalue weighted by Gasteiger charge is -2.23. The van der Waals surface area contributed by atoms with Crippen LogP contribution in [0.2, 0.25) is 0 Å². The Labute approximate surface area is 124 Å². The molecule has 0 bridgehead atoms. The van der Waals surface area contributed by atoms with Crippen molar-refractivity contribution in [2.45, 2.75) is 19.4 Å². The van der Waals surface area contributed by atoms with Crippen molar-refractivity contribution in [3.05, 3.63) is 42.9 Å². The van der Waals surface area contributed by atoms with Gasteiger partial charge in [0.1, 0.15) is 0 Å². The molecule has 1 aliphatic rings. The minimum atomic E-state index is 0.801. The van der Waals surface area contributed by atoms with E-state index in [0.29, 0.717) is 0 Å². The molecule has 2 aromatic heterocycles. The lowest BCUT2D eigenvalue weighted by Crippen LogP contribution is -2.29. The molecule has 0 aliphatic carbocycles. The van der Waals surface area contributed by atoms with Crippen LogP contribution in [0.15, 0.2) is 42.9 Å². The number of nitrogens with one attached hydrogen (secondary N) is 2. The number of rotatable bonds is 3. The molecule has 0 saturated carbocycles. The van der Waals surface area contributed by atoms with Gasteiger partial charge in [-0.1, -0.05) is 6.07 Å². The van der Waals surface area contributed by atoms with Crippen LogP contribution in [-0.2, 0) is 6.54 Å². The first-order valence-electron chi connectivity index (χ1n) is 7.69. The molecule has 0 spiro atoms. The summed E-state index contributed by atoms with van der Waals surface area (Å²) in [6.07, 6.45) is 8.60. The molecule has 4 nitrogen and oxygen atoms in total. The van der Waals surface area contributed by atoms with Crippen LogP contribution in [0.3, 0.4) is 0 Å². The summed E-state index contributed by atoms with van der Waals surface area (Å²) in [4.78, 5) is 0. The number of H-pyrrole nitrogens is 1. The van der Waals surface area contributed by atoms with E-state index < -0.39 is 0 Å². The molecule has 0 atom stereocenters. The van der Waals surface area contributed by atoms with Crippen molar-refractivity contribution in [2.75, 3.05) is 13.1 Å². The Kier molecular flexibility index (Phi) is 3.24. The van der Waals surface area contributed by atoms with Crippen LogP contribution in [-0.4, -0.2) is 27.9 Å². The molecule has 1 fully saturated rings. The van der Waals surface area contributed by atoms with Crippen molar-refractivity contribution < 1.29 is 0 Å². The first-order chi connectivity index (χ1) is 10.4. The van der Waals surface area contributed by atoms with Gasteiger partial charge < -0.3 is 9.88 Å². The van der Waals surface area contributed by atoms with Crippen molar-refractivity contribution in [3.63, 3.8) is 0 Å². The van der Waals surface area contributed by atoms with E-state index in [-0.39, 0.29) is 0 Å². The maximum atomic E-state index is 4.03. The lowest BCUT2D eigenvalue weighted by molar-refractivity contribution is 0.337. The zero-order valence-corrected chi connectivity index (χ0v) is 12.0. The first kappa shape index (κ1) is 12.7. The highest BCUT2D eigenvalue weighted by molar-refractivity contribution is 5.85. The molecule has 0 unspecified atom stereocenters. The van der Waals surface area contributed by atoms with Crippen LogP contribution in [0.25, 0.3) is 22.0 Å². The number of piperidine rings is 1. The largest absolute Gasteiger partial charge is 0.347 e. The minimum Gasteiger partial charge on any atom is -0.347 e. The molecule has 108 valence electrons. The van der Waals surface area contributed by atoms with Gasteiger partial charge in [-0.2, -0.15) is 5.10 Å². The van der Waals surface area contributed by atoms with Crippen LogP contribution in [0.1, 0.15) is 12.8 Å². The summed E-state index contributed by atoms with van der Waals surface area (Å²) in [6.45, 7) is 3.46. The number of fused-ring (bicyclic) bond motifs is 1. The predicted octanol–water partition coefficient (Wildman–Crippen LogP) is 3.03. The standard InChI is InChI=1S/C17H20N4/c1-2-17-15(9-14(1)16-10-19-20-11-16)5-8-21(17)12-13-3-6-18-7-4-13/h1-2,5,8-11,13,18H,3-4,6-7,12H2,(H,19,20). The molecule has 1 aromatic carbocycles. The molecule has 3 aromatic rings. The number of benzene rings is 1. The maximum absolute atomic E-state index is 4.03. The van der Waals surface area contributed by atoms with Gasteiger partial charge in [-0.3, -0.25) is 5.10 Å². The van der Waals surface area contributed by atoms with Crippen LogP contribution >= 0.6 is 0 Å². The molecule has 1 saturated heterocycles. The molecule has 0 radical (unpaired) electrons. The molecule has 1 aliphatic heterocycles. The second kappa shape index (κ2) is 5.37. The van der Waals surface area contributed by atoms with Crippen LogP contribution in [0.4, 0.5) is 0 Å². The van der Waals surface area contributed by atoms with Gasteiger partial charge in [-0.25, -0.2) is 0 Å². The molecule has 3 heterocycles. The maximum Gasteiger partial charge on any atom is 0.0565 e. The Morgan fingerprint density at radius 1 is 1.14 bits per heavy atom. The summed E-state index contributed by atoms with van der Waals surface area (Å²) in [6, 6.07) is 8.89. The van der Waals surface area contributed by atoms with E-state index in [9.17, 15) is 0 Å². The average molecular weight is 280 g/mol. The fourth-order valence-electron chi connectivity index (χ4n) is 3.29. The van der Waals surface area contributed by atoms with Crippen molar-refractivity contribution in [2.24, 2.45) is 5.92 Å². The third-order valence-electron chi connectivity index (χ3n) is 4.52. The van der Waals surface area contributed by atoms with Gasteiger partial charge in [0.05, 0.1) is 6.20 Å². The Morgan fingerprint density at radius 2 is 2.05 bits per heavy atom. The minimum absolute atomic E-state index is 0.801. The zero-order valence-electron chi connectivity index (χ0n) is 12.0. The third-order valence-corrected chi connectivity index (χ3v) is 4.52. The molecule has 0 amide bonds. The van der Waals surface area contributed by atoms with Gasteiger partial charge in [0.25, 0.3) is 0 Å². The predicted molar refractivity (Wildman–Crippen MR) is 85.1 cm³/mol. The van der Waals surface area contributed by atoms with E-state index in [1.54, 1.807) is 0 Å². The normalized spacial score (nSPS) is 16.6. The highest BCUT2D eigenvalue weighted by Crippen LogP contribution is 2.26. The third kappa shape index (κ3) is 2.47. The van der Waals surface area contributed by atoms with Gasteiger partial charge in [-0.15, -0.1) is 0 Å². The Hall–Kier alpha value is -2.07. The summed E-state index contributed by atoms with van der Waals surface area (Å²) < 4.78 is 2.41. The van der Waals surface area contributed by atoms with E-state index in [4.69, 9.17) is 0 Å². The number of hydrogen-bond acceptors (Lipinski definition) is 2. The van der Waals surface area contributed by atoms with Crippen molar-refractivity contribution in [3.8, 4) is 11.1 Å². The Bertz CT molecular complexity index is 720. The number of aromatic nitrogens is 3. The summed E-state index contributed by atoms with van der Waals surface area (Å²) in [7, 11) is 0. The zero-order chi connectivity index (χ0) is 14.1. The topological polar surface area (TPSA) is 45.6 Å². The molecular weight excluding hydrogens is 260 g/mol. The van der Waals surface area contributed by atoms with Gasteiger partial charge in [0, 0.05) is 35.4 Å². The van der Waals surface area contributed by atoms with Crippen molar-refractivity contribution >= 4 is 10.9 Å². The van der Waals surface area contributed by atoms with Gasteiger partial charge in [0.2, 0.25) is 0 Å². The van der Waals surface area contributed by atoms with Crippen LogP contribution < -0.4 is 5.32 Å². The smallest absolute Gasteiger partial charge is 0.0565 e. The summed E-state index contributed by atoms with van der Waals surface area (Å²) in [5, 5.41) is 11.6. The SMILES string of the molecule is c1cc2c(ccn2CC2CCNCC2)cc1-c1cn[nH]c1. The Morgan fingerprint density at radius 3 is 2.86 bits per heavy atom. The van der Waals surface area contributed by atoms with E-state index in [1.165, 1.54) is 29.3 Å². The van der Waals surface area contributed by atoms with Gasteiger partial charge in [0.15, 0.2) is 0 Å². The molecule has 21 heavy (non-hydrogen) atoms. The summed E-state index contributed by atoms with van der Waals surface area (Å²) in [5.41, 5.74) is 3.69. The van der Waals surface area contributed by atoms with E-state index >= 15 is 0 Å². The number of nitrogens with zero attached hydrogens (tertiary/aromatic N) is 2. The van der Waals surface area contributed by atoms with E-state index in [0.717, 1.165) is 31.1 Å². The fraction of sp³-hybridized carbons (Fsp3) is 0.353. The highest BCUT2D eigenvalue weighted by Gasteiger charge is 2.14. The van der Waals surface area contributed by atoms with Gasteiger partial charge >= 0.3 is 0 Å². The number of aromatic amines is 1. The summed E-state index contributed by atoms with van der Waals surface area (Å²) >= 11 is 0. The van der Waals surface area contributed by atoms with E-state index in [2.05, 4.69) is 50.5 Å². The quantitative estimate of drug-likeness (QED) is 0.774. The van der Waals surface area contributed by atoms with Crippen molar-refractivity contribution in [1.82, 2.24) is 20.1 Å². The van der Waals surface area contributed by atoms with Crippen molar-refractivity contribution in [1.29, 1.82) is 0 Å². The second-order valence-electron chi connectivity index (χ2n) is 5.92. The van der Waals surface area contributed by atoms with Crippen LogP contribution in [0.5, 0.6) is 0 Å². The highest BCUT2D eigenvalue weighted by atomic mass is 15.1. The number of hydrogen-bond donors (Lipinski definition) is 2.